The number of carbonyl (C=O) groups is 1. The van der Waals surface area contributed by atoms with Gasteiger partial charge in [-0.1, -0.05) is 0 Å². The molecule has 114 valence electrons. The molecule has 0 aliphatic carbocycles. The first kappa shape index (κ1) is 16.9. The van der Waals surface area contributed by atoms with Gasteiger partial charge in [0.15, 0.2) is 0 Å². The lowest BCUT2D eigenvalue weighted by Gasteiger charge is -2.29. The lowest BCUT2D eigenvalue weighted by atomic mass is 10.3. The Kier molecular flexibility index (Phi) is 6.98. The Labute approximate surface area is 126 Å². The predicted octanol–water partition coefficient (Wildman–Crippen LogP) is 0.188. The van der Waals surface area contributed by atoms with E-state index in [1.165, 1.54) is 0 Å². The van der Waals surface area contributed by atoms with E-state index >= 15 is 0 Å². The SMILES string of the molecule is CCn1nccc1CN(C)CC(=O)N1CCNCC1.Cl. The molecule has 2 rings (SSSR count). The molecule has 1 N–H and O–H groups in total. The molecule has 0 aromatic carbocycles. The first-order chi connectivity index (χ1) is 9.20. The van der Waals surface area contributed by atoms with Gasteiger partial charge in [-0.25, -0.2) is 0 Å². The molecule has 6 nitrogen and oxygen atoms in total. The third-order valence-electron chi connectivity index (χ3n) is 3.41. The lowest BCUT2D eigenvalue weighted by molar-refractivity contribution is -0.132. The molecule has 1 aliphatic rings. The molecule has 2 heterocycles. The maximum absolute atomic E-state index is 12.1. The highest BCUT2D eigenvalue weighted by atomic mass is 35.5. The normalized spacial score (nSPS) is 15.2. The van der Waals surface area contributed by atoms with E-state index in [1.54, 1.807) is 0 Å². The molecule has 1 aromatic heterocycles. The van der Waals surface area contributed by atoms with Gasteiger partial charge in [-0.2, -0.15) is 5.10 Å². The first-order valence-electron chi connectivity index (χ1n) is 6.88. The summed E-state index contributed by atoms with van der Waals surface area (Å²) in [6, 6.07) is 2.01. The van der Waals surface area contributed by atoms with Gasteiger partial charge in [0.05, 0.1) is 12.2 Å². The third-order valence-corrected chi connectivity index (χ3v) is 3.41. The van der Waals surface area contributed by atoms with E-state index < -0.39 is 0 Å². The summed E-state index contributed by atoms with van der Waals surface area (Å²) in [5, 5.41) is 7.50. The van der Waals surface area contributed by atoms with Gasteiger partial charge in [-0.15, -0.1) is 12.4 Å². The number of carbonyl (C=O) groups excluding carboxylic acids is 1. The molecular weight excluding hydrogens is 278 g/mol. The van der Waals surface area contributed by atoms with Crippen molar-refractivity contribution in [3.05, 3.63) is 18.0 Å². The molecule has 0 saturated carbocycles. The predicted molar refractivity (Wildman–Crippen MR) is 80.9 cm³/mol. The standard InChI is InChI=1S/C13H23N5O.ClH/c1-3-18-12(4-5-15-18)10-16(2)11-13(19)17-8-6-14-7-9-17;/h4-5,14H,3,6-11H2,1-2H3;1H. The second kappa shape index (κ2) is 8.24. The van der Waals surface area contributed by atoms with Crippen LogP contribution >= 0.6 is 12.4 Å². The van der Waals surface area contributed by atoms with Gasteiger partial charge in [0.2, 0.25) is 5.91 Å². The number of nitrogens with one attached hydrogen (secondary N) is 1. The van der Waals surface area contributed by atoms with Crippen LogP contribution in [0.2, 0.25) is 0 Å². The number of piperazine rings is 1. The minimum atomic E-state index is 0. The molecule has 20 heavy (non-hydrogen) atoms. The van der Waals surface area contributed by atoms with Crippen LogP contribution in [0, 0.1) is 0 Å². The second-order valence-corrected chi connectivity index (χ2v) is 4.94. The van der Waals surface area contributed by atoms with Crippen LogP contribution in [0.15, 0.2) is 12.3 Å². The number of nitrogens with zero attached hydrogens (tertiary/aromatic N) is 4. The van der Waals surface area contributed by atoms with Crippen molar-refractivity contribution in [1.82, 2.24) is 24.9 Å². The van der Waals surface area contributed by atoms with Crippen LogP contribution in [-0.2, 0) is 17.9 Å². The summed E-state index contributed by atoms with van der Waals surface area (Å²) in [4.78, 5) is 16.1. The maximum atomic E-state index is 12.1. The largest absolute Gasteiger partial charge is 0.339 e. The number of hydrogen-bond donors (Lipinski definition) is 1. The van der Waals surface area contributed by atoms with Crippen molar-refractivity contribution < 1.29 is 4.79 Å². The number of likely N-dealkylation sites (N-methyl/N-ethyl adjacent to an activating group) is 1. The van der Waals surface area contributed by atoms with Crippen molar-refractivity contribution in [2.75, 3.05) is 39.8 Å². The molecule has 0 spiro atoms. The van der Waals surface area contributed by atoms with Gasteiger partial charge >= 0.3 is 0 Å². The molecule has 1 aliphatic heterocycles. The lowest BCUT2D eigenvalue weighted by Crippen LogP contribution is -2.49. The highest BCUT2D eigenvalue weighted by molar-refractivity contribution is 5.85. The van der Waals surface area contributed by atoms with Crippen LogP contribution in [0.3, 0.4) is 0 Å². The zero-order chi connectivity index (χ0) is 13.7. The topological polar surface area (TPSA) is 53.4 Å². The molecule has 1 fully saturated rings. The smallest absolute Gasteiger partial charge is 0.236 e. The summed E-state index contributed by atoms with van der Waals surface area (Å²) >= 11 is 0. The van der Waals surface area contributed by atoms with Crippen molar-refractivity contribution in [2.24, 2.45) is 0 Å². The number of halogens is 1. The average Bonchev–Trinajstić information content (AvgIpc) is 2.86. The molecule has 0 atom stereocenters. The van der Waals surface area contributed by atoms with E-state index in [1.807, 2.05) is 33.8 Å². The highest BCUT2D eigenvalue weighted by Crippen LogP contribution is 2.04. The van der Waals surface area contributed by atoms with E-state index in [-0.39, 0.29) is 18.3 Å². The Morgan fingerprint density at radius 1 is 1.45 bits per heavy atom. The summed E-state index contributed by atoms with van der Waals surface area (Å²) in [6.07, 6.45) is 1.81. The summed E-state index contributed by atoms with van der Waals surface area (Å²) in [6.45, 7) is 7.60. The number of amides is 1. The van der Waals surface area contributed by atoms with Crippen LogP contribution in [0.5, 0.6) is 0 Å². The Morgan fingerprint density at radius 2 is 2.15 bits per heavy atom. The Morgan fingerprint density at radius 3 is 2.80 bits per heavy atom. The van der Waals surface area contributed by atoms with Crippen LogP contribution in [0.1, 0.15) is 12.6 Å². The van der Waals surface area contributed by atoms with Gasteiger partial charge in [0.1, 0.15) is 0 Å². The molecule has 7 heteroatoms. The molecule has 0 bridgehead atoms. The molecule has 0 unspecified atom stereocenters. The van der Waals surface area contributed by atoms with Gasteiger partial charge in [0.25, 0.3) is 0 Å². The van der Waals surface area contributed by atoms with Crippen molar-refractivity contribution in [3.63, 3.8) is 0 Å². The zero-order valence-corrected chi connectivity index (χ0v) is 13.0. The quantitative estimate of drug-likeness (QED) is 0.843. The monoisotopic (exact) mass is 301 g/mol. The molecule has 1 amide bonds. The number of aryl methyl sites for hydroxylation is 1. The van der Waals surface area contributed by atoms with E-state index in [4.69, 9.17) is 0 Å². The number of rotatable bonds is 5. The highest BCUT2D eigenvalue weighted by Gasteiger charge is 2.18. The van der Waals surface area contributed by atoms with Crippen molar-refractivity contribution in [3.8, 4) is 0 Å². The zero-order valence-electron chi connectivity index (χ0n) is 12.2. The van der Waals surface area contributed by atoms with Crippen molar-refractivity contribution in [2.45, 2.75) is 20.0 Å². The Balaban J connectivity index is 0.00000200. The minimum Gasteiger partial charge on any atom is -0.339 e. The fraction of sp³-hybridized carbons (Fsp3) is 0.692. The summed E-state index contributed by atoms with van der Waals surface area (Å²) in [5.41, 5.74) is 1.15. The van der Waals surface area contributed by atoms with Crippen LogP contribution < -0.4 is 5.32 Å². The summed E-state index contributed by atoms with van der Waals surface area (Å²) in [7, 11) is 1.98. The van der Waals surface area contributed by atoms with E-state index in [0.717, 1.165) is 45.0 Å². The molecule has 0 radical (unpaired) electrons. The molecular formula is C13H24ClN5O. The van der Waals surface area contributed by atoms with E-state index in [0.29, 0.717) is 6.54 Å². The number of hydrogen-bond acceptors (Lipinski definition) is 4. The second-order valence-electron chi connectivity index (χ2n) is 4.94. The van der Waals surface area contributed by atoms with Crippen molar-refractivity contribution in [1.29, 1.82) is 0 Å². The summed E-state index contributed by atoms with van der Waals surface area (Å²) < 4.78 is 1.96. The van der Waals surface area contributed by atoms with Gasteiger partial charge in [0, 0.05) is 45.5 Å². The van der Waals surface area contributed by atoms with Gasteiger partial charge in [-0.3, -0.25) is 14.4 Å². The Hall–Kier alpha value is -1.11. The summed E-state index contributed by atoms with van der Waals surface area (Å²) in [5.74, 6) is 0.214. The van der Waals surface area contributed by atoms with Gasteiger partial charge < -0.3 is 10.2 Å². The first-order valence-corrected chi connectivity index (χ1v) is 6.88. The molecule has 1 aromatic rings. The van der Waals surface area contributed by atoms with Crippen molar-refractivity contribution >= 4 is 18.3 Å². The van der Waals surface area contributed by atoms with Crippen LogP contribution in [0.4, 0.5) is 0 Å². The average molecular weight is 302 g/mol. The van der Waals surface area contributed by atoms with Crippen LogP contribution in [0.25, 0.3) is 0 Å². The number of aromatic nitrogens is 2. The fourth-order valence-electron chi connectivity index (χ4n) is 2.36. The minimum absolute atomic E-state index is 0. The maximum Gasteiger partial charge on any atom is 0.236 e. The third kappa shape index (κ3) is 4.47. The van der Waals surface area contributed by atoms with Gasteiger partial charge in [-0.05, 0) is 20.0 Å². The fourth-order valence-corrected chi connectivity index (χ4v) is 2.36. The van der Waals surface area contributed by atoms with E-state index in [2.05, 4.69) is 17.3 Å². The van der Waals surface area contributed by atoms with Crippen LogP contribution in [-0.4, -0.2) is 65.3 Å². The Bertz CT molecular complexity index is 417. The van der Waals surface area contributed by atoms with E-state index in [9.17, 15) is 4.79 Å². The molecule has 1 saturated heterocycles.